The monoisotopic (exact) mass is 358 g/mol. The Bertz CT molecular complexity index is 725. The lowest BCUT2D eigenvalue weighted by atomic mass is 9.55. The van der Waals surface area contributed by atoms with Crippen molar-refractivity contribution in [2.75, 3.05) is 7.11 Å². The summed E-state index contributed by atoms with van der Waals surface area (Å²) in [6.45, 7) is 5.52. The summed E-state index contributed by atoms with van der Waals surface area (Å²) in [6.07, 6.45) is 4.57. The van der Waals surface area contributed by atoms with Crippen LogP contribution in [0.5, 0.6) is 5.75 Å². The number of fused-ring (bicyclic) bond motifs is 5. The van der Waals surface area contributed by atoms with E-state index in [1.807, 2.05) is 6.92 Å². The molecular weight excluding hydrogens is 328 g/mol. The van der Waals surface area contributed by atoms with Crippen LogP contribution in [0, 0.1) is 17.3 Å². The number of methoxy groups -OCH3 is 1. The fraction of sp³-hybridized carbons (Fsp3) is 0.682. The first-order valence-corrected chi connectivity index (χ1v) is 9.82. The Labute approximate surface area is 155 Å². The number of benzene rings is 1. The summed E-state index contributed by atoms with van der Waals surface area (Å²) in [5, 5.41) is 11.1. The van der Waals surface area contributed by atoms with Crippen molar-refractivity contribution in [1.29, 1.82) is 0 Å². The summed E-state index contributed by atoms with van der Waals surface area (Å²) in [5.41, 5.74) is 1.79. The highest BCUT2D eigenvalue weighted by Crippen LogP contribution is 2.63. The molecule has 1 N–H and O–H groups in total. The normalized spacial score (nSPS) is 41.0. The molecule has 0 bridgehead atoms. The van der Waals surface area contributed by atoms with Crippen LogP contribution in [-0.2, 0) is 16.0 Å². The predicted octanol–water partition coefficient (Wildman–Crippen LogP) is 3.84. The topological polar surface area (TPSA) is 55.8 Å². The van der Waals surface area contributed by atoms with Crippen LogP contribution in [0.15, 0.2) is 18.2 Å². The Kier molecular flexibility index (Phi) is 4.11. The average molecular weight is 358 g/mol. The number of aryl methyl sites for hydroxylation is 1. The Hall–Kier alpha value is -1.55. The van der Waals surface area contributed by atoms with Crippen molar-refractivity contribution in [3.8, 4) is 5.75 Å². The van der Waals surface area contributed by atoms with Crippen LogP contribution >= 0.6 is 0 Å². The molecule has 6 unspecified atom stereocenters. The maximum Gasteiger partial charge on any atom is 0.303 e. The third-order valence-corrected chi connectivity index (χ3v) is 7.45. The molecule has 3 aliphatic rings. The van der Waals surface area contributed by atoms with E-state index in [9.17, 15) is 9.90 Å². The van der Waals surface area contributed by atoms with E-state index in [0.717, 1.165) is 31.4 Å². The zero-order valence-corrected chi connectivity index (χ0v) is 16.2. The van der Waals surface area contributed by atoms with Gasteiger partial charge in [0.25, 0.3) is 0 Å². The predicted molar refractivity (Wildman–Crippen MR) is 99.2 cm³/mol. The summed E-state index contributed by atoms with van der Waals surface area (Å²) in [4.78, 5) is 11.7. The number of ether oxygens (including phenoxy) is 2. The van der Waals surface area contributed by atoms with Gasteiger partial charge in [-0.15, -0.1) is 0 Å². The first-order valence-electron chi connectivity index (χ1n) is 9.82. The van der Waals surface area contributed by atoms with Gasteiger partial charge in [0, 0.05) is 12.3 Å². The van der Waals surface area contributed by atoms with Gasteiger partial charge in [-0.3, -0.25) is 4.79 Å². The first-order chi connectivity index (χ1) is 12.3. The molecule has 1 aromatic rings. The molecule has 6 atom stereocenters. The summed E-state index contributed by atoms with van der Waals surface area (Å²) in [5.74, 6) is 2.11. The number of rotatable bonds is 2. The van der Waals surface area contributed by atoms with Crippen LogP contribution in [0.4, 0.5) is 0 Å². The van der Waals surface area contributed by atoms with Gasteiger partial charge in [-0.1, -0.05) is 13.0 Å². The maximum atomic E-state index is 11.7. The third kappa shape index (κ3) is 2.57. The lowest BCUT2D eigenvalue weighted by Crippen LogP contribution is -2.48. The quantitative estimate of drug-likeness (QED) is 0.816. The number of hydrogen-bond donors (Lipinski definition) is 1. The molecule has 0 amide bonds. The molecule has 2 saturated carbocycles. The van der Waals surface area contributed by atoms with Crippen LogP contribution < -0.4 is 4.74 Å². The van der Waals surface area contributed by atoms with Gasteiger partial charge in [-0.2, -0.15) is 0 Å². The molecule has 0 aliphatic heterocycles. The van der Waals surface area contributed by atoms with E-state index in [1.165, 1.54) is 18.1 Å². The summed E-state index contributed by atoms with van der Waals surface area (Å²) < 4.78 is 11.1. The van der Waals surface area contributed by atoms with Crippen LogP contribution in [0.1, 0.15) is 63.5 Å². The van der Waals surface area contributed by atoms with Gasteiger partial charge in [-0.25, -0.2) is 0 Å². The molecule has 26 heavy (non-hydrogen) atoms. The lowest BCUT2D eigenvalue weighted by molar-refractivity contribution is -0.170. The Morgan fingerprint density at radius 2 is 2.04 bits per heavy atom. The number of aliphatic hydroxyl groups is 1. The van der Waals surface area contributed by atoms with Crippen molar-refractivity contribution in [2.45, 2.75) is 70.5 Å². The molecule has 4 heteroatoms. The van der Waals surface area contributed by atoms with Gasteiger partial charge < -0.3 is 14.6 Å². The lowest BCUT2D eigenvalue weighted by Gasteiger charge is -2.50. The van der Waals surface area contributed by atoms with Crippen molar-refractivity contribution in [1.82, 2.24) is 0 Å². The van der Waals surface area contributed by atoms with Crippen LogP contribution in [0.25, 0.3) is 0 Å². The van der Waals surface area contributed by atoms with E-state index >= 15 is 0 Å². The van der Waals surface area contributed by atoms with Crippen LogP contribution in [-0.4, -0.2) is 29.9 Å². The van der Waals surface area contributed by atoms with Crippen molar-refractivity contribution in [2.24, 2.45) is 17.3 Å². The zero-order chi connectivity index (χ0) is 18.7. The molecule has 0 saturated heterocycles. The van der Waals surface area contributed by atoms with Gasteiger partial charge in [-0.05, 0) is 80.0 Å². The molecule has 0 radical (unpaired) electrons. The Morgan fingerprint density at radius 1 is 1.27 bits per heavy atom. The molecule has 3 aliphatic carbocycles. The van der Waals surface area contributed by atoms with Gasteiger partial charge in [0.2, 0.25) is 0 Å². The van der Waals surface area contributed by atoms with E-state index in [4.69, 9.17) is 9.47 Å². The largest absolute Gasteiger partial charge is 0.497 e. The average Bonchev–Trinajstić information content (AvgIpc) is 2.80. The fourth-order valence-electron chi connectivity index (χ4n) is 6.43. The second kappa shape index (κ2) is 5.98. The Balaban J connectivity index is 1.67. The molecule has 142 valence electrons. The summed E-state index contributed by atoms with van der Waals surface area (Å²) >= 11 is 0. The number of hydrogen-bond acceptors (Lipinski definition) is 4. The maximum absolute atomic E-state index is 11.7. The number of carbonyl (C=O) groups excluding carboxylic acids is 1. The van der Waals surface area contributed by atoms with Gasteiger partial charge in [0.05, 0.1) is 12.7 Å². The molecule has 1 aromatic carbocycles. The molecule has 4 rings (SSSR count). The highest BCUT2D eigenvalue weighted by Gasteiger charge is 2.63. The highest BCUT2D eigenvalue weighted by atomic mass is 16.6. The molecule has 2 fully saturated rings. The summed E-state index contributed by atoms with van der Waals surface area (Å²) in [7, 11) is 1.72. The van der Waals surface area contributed by atoms with E-state index < -0.39 is 11.7 Å². The van der Waals surface area contributed by atoms with Gasteiger partial charge >= 0.3 is 5.97 Å². The molecule has 4 nitrogen and oxygen atoms in total. The number of esters is 1. The van der Waals surface area contributed by atoms with Crippen LogP contribution in [0.3, 0.4) is 0 Å². The van der Waals surface area contributed by atoms with Crippen molar-refractivity contribution >= 4 is 5.97 Å². The van der Waals surface area contributed by atoms with Crippen molar-refractivity contribution < 1.29 is 19.4 Å². The zero-order valence-electron chi connectivity index (χ0n) is 16.2. The van der Waals surface area contributed by atoms with E-state index in [0.29, 0.717) is 24.2 Å². The number of carbonyl (C=O) groups is 1. The van der Waals surface area contributed by atoms with Crippen LogP contribution in [0.2, 0.25) is 0 Å². The Morgan fingerprint density at radius 3 is 2.73 bits per heavy atom. The minimum absolute atomic E-state index is 0.139. The fourth-order valence-corrected chi connectivity index (χ4v) is 6.43. The molecular formula is C22H30O4. The minimum atomic E-state index is -0.944. The highest BCUT2D eigenvalue weighted by molar-refractivity contribution is 5.66. The van der Waals surface area contributed by atoms with Crippen molar-refractivity contribution in [3.63, 3.8) is 0 Å². The van der Waals surface area contributed by atoms with Gasteiger partial charge in [0.15, 0.2) is 0 Å². The van der Waals surface area contributed by atoms with E-state index in [2.05, 4.69) is 25.1 Å². The minimum Gasteiger partial charge on any atom is -0.497 e. The molecule has 0 aromatic heterocycles. The molecule has 0 heterocycles. The SMILES string of the molecule is COc1ccc2c(c1)CCC1C2CCC2(C)C1CC(C)(O)C2OC(C)=O. The van der Waals surface area contributed by atoms with Crippen molar-refractivity contribution in [3.05, 3.63) is 29.3 Å². The summed E-state index contributed by atoms with van der Waals surface area (Å²) in [6, 6.07) is 6.50. The second-order valence-electron chi connectivity index (χ2n) is 9.08. The standard InChI is InChI=1S/C22H30O4/c1-13(23)26-20-21(2)10-9-17-16-8-6-15(25-4)11-14(16)5-7-18(17)19(21)12-22(20,3)24/h6,8,11,17-20,24H,5,7,9-10,12H2,1-4H3. The molecule has 0 spiro atoms. The smallest absolute Gasteiger partial charge is 0.303 e. The van der Waals surface area contributed by atoms with E-state index in [1.54, 1.807) is 7.11 Å². The van der Waals surface area contributed by atoms with Gasteiger partial charge in [0.1, 0.15) is 11.9 Å². The second-order valence-corrected chi connectivity index (χ2v) is 9.08. The van der Waals surface area contributed by atoms with E-state index in [-0.39, 0.29) is 11.4 Å². The first kappa shape index (κ1) is 17.8. The third-order valence-electron chi connectivity index (χ3n) is 7.45.